The van der Waals surface area contributed by atoms with Crippen LogP contribution in [0.2, 0.25) is 0 Å². The molecule has 6 heavy (non-hydrogen) atoms. The van der Waals surface area contributed by atoms with Gasteiger partial charge in [0.25, 0.3) is 0 Å². The summed E-state index contributed by atoms with van der Waals surface area (Å²) in [6, 6.07) is 0. The standard InChI is InChI=1S/2C2H3.ClH.In/c2*1-2;;/h2*1H,2H2;1H;/q;;;+1/p-1. The summed E-state index contributed by atoms with van der Waals surface area (Å²) in [6.07, 6.45) is 0. The Bertz CT molecular complexity index is 9.51. The summed E-state index contributed by atoms with van der Waals surface area (Å²) in [5.74, 6) is 0. The van der Waals surface area contributed by atoms with Gasteiger partial charge < -0.3 is 12.4 Å². The van der Waals surface area contributed by atoms with Gasteiger partial charge in [0.15, 0.2) is 0 Å². The molecule has 0 aliphatic heterocycles. The van der Waals surface area contributed by atoms with Crippen LogP contribution in [-0.4, -0.2) is 25.8 Å². The van der Waals surface area contributed by atoms with Crippen LogP contribution in [0.25, 0.3) is 0 Å². The van der Waals surface area contributed by atoms with Crippen LogP contribution in [0.15, 0.2) is 13.2 Å². The van der Waals surface area contributed by atoms with E-state index in [4.69, 9.17) is 0 Å². The van der Waals surface area contributed by atoms with Crippen molar-refractivity contribution in [2.24, 2.45) is 0 Å². The van der Waals surface area contributed by atoms with E-state index in [2.05, 4.69) is 26.3 Å². The van der Waals surface area contributed by atoms with Crippen LogP contribution in [0.4, 0.5) is 0 Å². The average Bonchev–Trinajstić information content (AvgIpc) is 1.50. The molecule has 0 unspecified atom stereocenters. The van der Waals surface area contributed by atoms with Crippen molar-refractivity contribution in [2.45, 2.75) is 0 Å². The summed E-state index contributed by atoms with van der Waals surface area (Å²) >= 11 is 0. The Balaban J connectivity index is -0.00000000500. The first-order valence-corrected chi connectivity index (χ1v) is 0.816. The molecule has 0 saturated heterocycles. The van der Waals surface area contributed by atoms with Crippen molar-refractivity contribution in [1.29, 1.82) is 0 Å². The smallest absolute Gasteiger partial charge is 1.00 e. The molecule has 2 heteroatoms. The normalized spacial score (nSPS) is 1.33. The van der Waals surface area contributed by atoms with Crippen molar-refractivity contribution in [3.63, 3.8) is 0 Å². The van der Waals surface area contributed by atoms with E-state index < -0.39 is 0 Å². The van der Waals surface area contributed by atoms with Gasteiger partial charge in [-0.05, 0) is 0 Å². The van der Waals surface area contributed by atoms with Gasteiger partial charge in [-0.1, -0.05) is 26.3 Å². The molecule has 0 aliphatic carbocycles. The van der Waals surface area contributed by atoms with Crippen molar-refractivity contribution < 1.29 is 12.4 Å². The van der Waals surface area contributed by atoms with E-state index in [-0.39, 0.29) is 38.3 Å². The van der Waals surface area contributed by atoms with Gasteiger partial charge in [-0.25, -0.2) is 0 Å². The molecule has 0 aromatic rings. The van der Waals surface area contributed by atoms with Crippen LogP contribution in [-0.2, 0) is 0 Å². The molecule has 0 bridgehead atoms. The predicted octanol–water partition coefficient (Wildman–Crippen LogP) is -2.17. The van der Waals surface area contributed by atoms with Gasteiger partial charge in [0.1, 0.15) is 0 Å². The molecule has 0 spiro atoms. The molecule has 0 aliphatic rings. The predicted molar refractivity (Wildman–Crippen MR) is 25.6 cm³/mol. The Labute approximate surface area is 64.5 Å². The number of rotatable bonds is 0. The molecule has 4 radical (unpaired) electrons. The maximum atomic E-state index is 4.25. The molecule has 0 amide bonds. The molecule has 0 fully saturated rings. The summed E-state index contributed by atoms with van der Waals surface area (Å²) in [5.41, 5.74) is 0. The van der Waals surface area contributed by atoms with Crippen LogP contribution in [0, 0.1) is 13.2 Å². The zero-order chi connectivity index (χ0) is 4.00. The van der Waals surface area contributed by atoms with Gasteiger partial charge in [0, 0.05) is 0 Å². The zero-order valence-corrected chi connectivity index (χ0v) is 7.58. The van der Waals surface area contributed by atoms with Gasteiger partial charge in [0.05, 0.1) is 0 Å². The fraction of sp³-hybridized carbons (Fsp3) is 0. The average molecular weight is 204 g/mol. The molecular weight excluding hydrogens is 198 g/mol. The first-order chi connectivity index (χ1) is 2.00. The van der Waals surface area contributed by atoms with E-state index in [1.54, 1.807) is 0 Å². The quantitative estimate of drug-likeness (QED) is 0.421. The second-order valence-corrected chi connectivity index (χ2v) is 0. The first-order valence-electron chi connectivity index (χ1n) is 0.816. The van der Waals surface area contributed by atoms with Gasteiger partial charge in [0.2, 0.25) is 0 Å². The maximum absolute atomic E-state index is 4.25. The Morgan fingerprint density at radius 2 is 0.833 bits per heavy atom. The fourth-order valence-corrected chi connectivity index (χ4v) is 0. The molecule has 0 aromatic heterocycles. The Morgan fingerprint density at radius 1 is 0.833 bits per heavy atom. The number of hydrogen-bond donors (Lipinski definition) is 0. The van der Waals surface area contributed by atoms with Crippen LogP contribution in [0.3, 0.4) is 0 Å². The fourth-order valence-electron chi connectivity index (χ4n) is 0. The van der Waals surface area contributed by atoms with Crippen LogP contribution in [0.5, 0.6) is 0 Å². The van der Waals surface area contributed by atoms with Crippen molar-refractivity contribution in [3.8, 4) is 0 Å². The summed E-state index contributed by atoms with van der Waals surface area (Å²) in [4.78, 5) is 0. The third kappa shape index (κ3) is 150. The minimum atomic E-state index is 0. The molecule has 0 rings (SSSR count). The zero-order valence-electron chi connectivity index (χ0n) is 3.52. The minimum absolute atomic E-state index is 0. The second-order valence-electron chi connectivity index (χ2n) is 0. The molecule has 0 atom stereocenters. The topological polar surface area (TPSA) is 0 Å². The van der Waals surface area contributed by atoms with Gasteiger partial charge >= 0.3 is 25.8 Å². The molecule has 0 heterocycles. The third-order valence-corrected chi connectivity index (χ3v) is 0. The van der Waals surface area contributed by atoms with Crippen molar-refractivity contribution in [2.75, 3.05) is 0 Å². The van der Waals surface area contributed by atoms with E-state index in [1.165, 1.54) is 0 Å². The Kier molecular flexibility index (Phi) is 1500. The van der Waals surface area contributed by atoms with E-state index >= 15 is 0 Å². The summed E-state index contributed by atoms with van der Waals surface area (Å²) in [7, 11) is 0. The number of halogens is 1. The van der Waals surface area contributed by atoms with E-state index in [0.29, 0.717) is 0 Å². The molecule has 0 nitrogen and oxygen atoms in total. The molecule has 0 N–H and O–H groups in total. The van der Waals surface area contributed by atoms with E-state index in [1.807, 2.05) is 0 Å². The maximum Gasteiger partial charge on any atom is 1.00 e. The summed E-state index contributed by atoms with van der Waals surface area (Å²) < 4.78 is 0. The van der Waals surface area contributed by atoms with Crippen molar-refractivity contribution in [3.05, 3.63) is 26.3 Å². The van der Waals surface area contributed by atoms with Crippen molar-refractivity contribution in [1.82, 2.24) is 0 Å². The Morgan fingerprint density at radius 3 is 0.833 bits per heavy atom. The van der Waals surface area contributed by atoms with Gasteiger partial charge in [-0.2, -0.15) is 0 Å². The largest absolute Gasteiger partial charge is 1.00 e. The van der Waals surface area contributed by atoms with Gasteiger partial charge in [-0.3, -0.25) is 0 Å². The van der Waals surface area contributed by atoms with Gasteiger partial charge in [-0.15, -0.1) is 0 Å². The van der Waals surface area contributed by atoms with Crippen LogP contribution >= 0.6 is 0 Å². The van der Waals surface area contributed by atoms with Crippen molar-refractivity contribution >= 4 is 25.8 Å². The van der Waals surface area contributed by atoms with Crippen LogP contribution < -0.4 is 12.4 Å². The second kappa shape index (κ2) is 296. The number of hydrogen-bond acceptors (Lipinski definition) is 0. The van der Waals surface area contributed by atoms with E-state index in [9.17, 15) is 0 Å². The first kappa shape index (κ1) is 30.3. The summed E-state index contributed by atoms with van der Waals surface area (Å²) in [5, 5.41) is 0. The Hall–Kier alpha value is 0.640. The third-order valence-electron chi connectivity index (χ3n) is 0. The minimum Gasteiger partial charge on any atom is -1.00 e. The molecule has 0 saturated carbocycles. The monoisotopic (exact) mass is 204 g/mol. The molecule has 32 valence electrons. The van der Waals surface area contributed by atoms with E-state index in [0.717, 1.165) is 0 Å². The SMILES string of the molecule is [CH]=C.[CH]=C.[Cl-].[In+]. The molecule has 0 aromatic carbocycles. The molecular formula is C4H6ClIn. The van der Waals surface area contributed by atoms with Crippen LogP contribution in [0.1, 0.15) is 0 Å². The summed E-state index contributed by atoms with van der Waals surface area (Å²) in [6.45, 7) is 14.0.